The van der Waals surface area contributed by atoms with E-state index in [9.17, 15) is 14.4 Å². The molecule has 1 aromatic rings. The number of imide groups is 1. The summed E-state index contributed by atoms with van der Waals surface area (Å²) in [6.45, 7) is 4.81. The van der Waals surface area contributed by atoms with E-state index in [1.54, 1.807) is 4.90 Å². The maximum atomic E-state index is 12.8. The van der Waals surface area contributed by atoms with Crippen LogP contribution in [-0.2, 0) is 16.1 Å². The SMILES string of the molecule is O=C1CCC(N2Cc3cc(N4CC5(CCNCC5)C4)ccc3C2=O)C(=O)N1. The second-order valence-corrected chi connectivity index (χ2v) is 8.35. The molecule has 1 spiro atoms. The second kappa shape index (κ2) is 6.05. The molecular formula is C20H24N4O3. The number of hydrogen-bond donors (Lipinski definition) is 2. The fourth-order valence-electron chi connectivity index (χ4n) is 4.98. The summed E-state index contributed by atoms with van der Waals surface area (Å²) in [5.41, 5.74) is 3.28. The van der Waals surface area contributed by atoms with Crippen molar-refractivity contribution >= 4 is 23.4 Å². The molecule has 1 atom stereocenters. The van der Waals surface area contributed by atoms with Gasteiger partial charge in [0.25, 0.3) is 5.91 Å². The Balaban J connectivity index is 1.31. The van der Waals surface area contributed by atoms with E-state index in [4.69, 9.17) is 0 Å². The Morgan fingerprint density at radius 1 is 1.07 bits per heavy atom. The van der Waals surface area contributed by atoms with Gasteiger partial charge in [0.1, 0.15) is 6.04 Å². The normalized spacial score (nSPS) is 26.8. The number of fused-ring (bicyclic) bond motifs is 1. The first kappa shape index (κ1) is 16.7. The quantitative estimate of drug-likeness (QED) is 0.749. The molecule has 4 heterocycles. The van der Waals surface area contributed by atoms with Gasteiger partial charge in [-0.05, 0) is 56.1 Å². The molecule has 7 heteroatoms. The van der Waals surface area contributed by atoms with E-state index in [1.807, 2.05) is 12.1 Å². The number of hydrogen-bond acceptors (Lipinski definition) is 5. The monoisotopic (exact) mass is 368 g/mol. The smallest absolute Gasteiger partial charge is 0.255 e. The van der Waals surface area contributed by atoms with Gasteiger partial charge < -0.3 is 15.1 Å². The van der Waals surface area contributed by atoms with E-state index < -0.39 is 6.04 Å². The van der Waals surface area contributed by atoms with Gasteiger partial charge in [0.05, 0.1) is 0 Å². The number of piperidine rings is 2. The number of carbonyl (C=O) groups excluding carboxylic acids is 3. The lowest BCUT2D eigenvalue weighted by molar-refractivity contribution is -0.136. The Kier molecular flexibility index (Phi) is 3.75. The molecule has 4 aliphatic heterocycles. The van der Waals surface area contributed by atoms with Crippen LogP contribution in [-0.4, -0.2) is 54.8 Å². The third kappa shape index (κ3) is 2.72. The highest BCUT2D eigenvalue weighted by atomic mass is 16.2. The van der Waals surface area contributed by atoms with Gasteiger partial charge in [-0.25, -0.2) is 0 Å². The fourth-order valence-corrected chi connectivity index (χ4v) is 4.98. The highest BCUT2D eigenvalue weighted by Gasteiger charge is 2.44. The lowest BCUT2D eigenvalue weighted by Gasteiger charge is -2.53. The first-order chi connectivity index (χ1) is 13.0. The molecule has 3 fully saturated rings. The molecule has 0 saturated carbocycles. The molecule has 2 N–H and O–H groups in total. The van der Waals surface area contributed by atoms with Crippen molar-refractivity contribution in [2.45, 2.75) is 38.3 Å². The van der Waals surface area contributed by atoms with E-state index in [-0.39, 0.29) is 24.1 Å². The third-order valence-corrected chi connectivity index (χ3v) is 6.59. The van der Waals surface area contributed by atoms with Crippen LogP contribution in [0.3, 0.4) is 0 Å². The number of nitrogens with zero attached hydrogens (tertiary/aromatic N) is 2. The topological polar surface area (TPSA) is 81.8 Å². The van der Waals surface area contributed by atoms with Crippen LogP contribution in [0.2, 0.25) is 0 Å². The number of amides is 3. The lowest BCUT2D eigenvalue weighted by Crippen LogP contribution is -2.60. The van der Waals surface area contributed by atoms with E-state index >= 15 is 0 Å². The summed E-state index contributed by atoms with van der Waals surface area (Å²) in [4.78, 5) is 40.3. The van der Waals surface area contributed by atoms with Crippen LogP contribution in [0.25, 0.3) is 0 Å². The largest absolute Gasteiger partial charge is 0.370 e. The zero-order chi connectivity index (χ0) is 18.6. The van der Waals surface area contributed by atoms with Crippen molar-refractivity contribution < 1.29 is 14.4 Å². The summed E-state index contributed by atoms with van der Waals surface area (Å²) in [5.74, 6) is -0.722. The highest BCUT2D eigenvalue weighted by molar-refractivity contribution is 6.05. The first-order valence-electron chi connectivity index (χ1n) is 9.78. The molecule has 4 aliphatic rings. The number of carbonyl (C=O) groups is 3. The molecule has 5 rings (SSSR count). The Hall–Kier alpha value is -2.41. The van der Waals surface area contributed by atoms with Gasteiger partial charge in [-0.1, -0.05) is 0 Å². The van der Waals surface area contributed by atoms with Gasteiger partial charge in [0.15, 0.2) is 0 Å². The number of benzene rings is 1. The van der Waals surface area contributed by atoms with Crippen molar-refractivity contribution in [2.75, 3.05) is 31.1 Å². The minimum atomic E-state index is -0.548. The molecule has 0 aromatic heterocycles. The first-order valence-corrected chi connectivity index (χ1v) is 9.78. The lowest BCUT2D eigenvalue weighted by atomic mass is 9.72. The van der Waals surface area contributed by atoms with E-state index in [1.165, 1.54) is 12.8 Å². The average Bonchev–Trinajstić information content (AvgIpc) is 2.96. The van der Waals surface area contributed by atoms with E-state index in [0.29, 0.717) is 23.9 Å². The fraction of sp³-hybridized carbons (Fsp3) is 0.550. The summed E-state index contributed by atoms with van der Waals surface area (Å²) in [7, 11) is 0. The minimum absolute atomic E-state index is 0.107. The molecule has 0 bridgehead atoms. The summed E-state index contributed by atoms with van der Waals surface area (Å²) in [5, 5.41) is 5.78. The molecule has 3 saturated heterocycles. The van der Waals surface area contributed by atoms with E-state index in [2.05, 4.69) is 21.6 Å². The van der Waals surface area contributed by atoms with Gasteiger partial charge in [0, 0.05) is 42.7 Å². The van der Waals surface area contributed by atoms with Crippen LogP contribution < -0.4 is 15.5 Å². The molecule has 27 heavy (non-hydrogen) atoms. The van der Waals surface area contributed by atoms with Gasteiger partial charge in [-0.2, -0.15) is 0 Å². The molecular weight excluding hydrogens is 344 g/mol. The van der Waals surface area contributed by atoms with Crippen LogP contribution in [0.15, 0.2) is 18.2 Å². The van der Waals surface area contributed by atoms with Crippen molar-refractivity contribution in [2.24, 2.45) is 5.41 Å². The predicted octanol–water partition coefficient (Wildman–Crippen LogP) is 0.637. The molecule has 0 aliphatic carbocycles. The van der Waals surface area contributed by atoms with Crippen LogP contribution in [0, 0.1) is 5.41 Å². The summed E-state index contributed by atoms with van der Waals surface area (Å²) in [6.07, 6.45) is 3.15. The van der Waals surface area contributed by atoms with Gasteiger partial charge in [-0.15, -0.1) is 0 Å². The Morgan fingerprint density at radius 3 is 2.59 bits per heavy atom. The van der Waals surface area contributed by atoms with Gasteiger partial charge in [-0.3, -0.25) is 19.7 Å². The Bertz CT molecular complexity index is 823. The molecule has 7 nitrogen and oxygen atoms in total. The van der Waals surface area contributed by atoms with E-state index in [0.717, 1.165) is 37.4 Å². The van der Waals surface area contributed by atoms with Crippen molar-refractivity contribution in [3.05, 3.63) is 29.3 Å². The molecule has 0 radical (unpaired) electrons. The molecule has 1 aromatic carbocycles. The predicted molar refractivity (Wildman–Crippen MR) is 99.2 cm³/mol. The summed E-state index contributed by atoms with van der Waals surface area (Å²) < 4.78 is 0. The Labute approximate surface area is 158 Å². The number of rotatable bonds is 2. The third-order valence-electron chi connectivity index (χ3n) is 6.59. The summed E-state index contributed by atoms with van der Waals surface area (Å²) in [6, 6.07) is 5.48. The molecule has 142 valence electrons. The van der Waals surface area contributed by atoms with Crippen LogP contribution in [0.1, 0.15) is 41.6 Å². The number of anilines is 1. The maximum Gasteiger partial charge on any atom is 0.255 e. The average molecular weight is 368 g/mol. The molecule has 3 amide bonds. The zero-order valence-corrected chi connectivity index (χ0v) is 15.3. The van der Waals surface area contributed by atoms with Crippen LogP contribution >= 0.6 is 0 Å². The van der Waals surface area contributed by atoms with Gasteiger partial charge in [0.2, 0.25) is 11.8 Å². The van der Waals surface area contributed by atoms with Crippen molar-refractivity contribution in [1.82, 2.24) is 15.5 Å². The summed E-state index contributed by atoms with van der Waals surface area (Å²) >= 11 is 0. The van der Waals surface area contributed by atoms with Crippen molar-refractivity contribution in [3.63, 3.8) is 0 Å². The standard InChI is InChI=1S/C20H24N4O3/c25-17-4-3-16(18(26)22-17)24-10-13-9-14(1-2-15(13)19(24)27)23-11-20(12-23)5-7-21-8-6-20/h1-2,9,16,21H,3-8,10-12H2,(H,22,25,26). The zero-order valence-electron chi connectivity index (χ0n) is 15.3. The van der Waals surface area contributed by atoms with Crippen LogP contribution in [0.4, 0.5) is 5.69 Å². The van der Waals surface area contributed by atoms with Gasteiger partial charge >= 0.3 is 0 Å². The highest BCUT2D eigenvalue weighted by Crippen LogP contribution is 2.42. The van der Waals surface area contributed by atoms with Crippen molar-refractivity contribution in [1.29, 1.82) is 0 Å². The molecule has 1 unspecified atom stereocenters. The number of nitrogens with one attached hydrogen (secondary N) is 2. The maximum absolute atomic E-state index is 12.8. The minimum Gasteiger partial charge on any atom is -0.370 e. The Morgan fingerprint density at radius 2 is 1.85 bits per heavy atom. The van der Waals surface area contributed by atoms with Crippen molar-refractivity contribution in [3.8, 4) is 0 Å². The van der Waals surface area contributed by atoms with Crippen LogP contribution in [0.5, 0.6) is 0 Å². The second-order valence-electron chi connectivity index (χ2n) is 8.35.